The highest BCUT2D eigenvalue weighted by Crippen LogP contribution is 2.04. The van der Waals surface area contributed by atoms with Crippen LogP contribution < -0.4 is 0 Å². The minimum atomic E-state index is -0.213. The summed E-state index contributed by atoms with van der Waals surface area (Å²) in [5.74, 6) is -0.213. The third-order valence-electron chi connectivity index (χ3n) is 1.77. The molecule has 0 saturated carbocycles. The highest BCUT2D eigenvalue weighted by Gasteiger charge is 1.93. The molecule has 76 valence electrons. The third-order valence-corrected chi connectivity index (χ3v) is 1.77. The molecule has 0 atom stereocenters. The Morgan fingerprint density at radius 2 is 2.21 bits per heavy atom. The van der Waals surface area contributed by atoms with Crippen molar-refractivity contribution < 1.29 is 9.13 Å². The smallest absolute Gasteiger partial charge is 0.123 e. The Bertz CT molecular complexity index is 294. The van der Waals surface area contributed by atoms with Gasteiger partial charge in [0.2, 0.25) is 0 Å². The van der Waals surface area contributed by atoms with E-state index in [0.717, 1.165) is 12.0 Å². The van der Waals surface area contributed by atoms with Crippen molar-refractivity contribution in [1.82, 2.24) is 0 Å². The van der Waals surface area contributed by atoms with Gasteiger partial charge in [-0.2, -0.15) is 0 Å². The van der Waals surface area contributed by atoms with Crippen LogP contribution in [0.4, 0.5) is 4.39 Å². The summed E-state index contributed by atoms with van der Waals surface area (Å²) in [6, 6.07) is 6.46. The van der Waals surface area contributed by atoms with E-state index >= 15 is 0 Å². The maximum absolute atomic E-state index is 12.7. The summed E-state index contributed by atoms with van der Waals surface area (Å²) < 4.78 is 18.1. The molecule has 14 heavy (non-hydrogen) atoms. The van der Waals surface area contributed by atoms with Gasteiger partial charge in [0.25, 0.3) is 0 Å². The zero-order valence-corrected chi connectivity index (χ0v) is 8.37. The van der Waals surface area contributed by atoms with Gasteiger partial charge in [-0.1, -0.05) is 31.2 Å². The largest absolute Gasteiger partial charge is 0.373 e. The van der Waals surface area contributed by atoms with Crippen LogP contribution in [0.5, 0.6) is 0 Å². The summed E-state index contributed by atoms with van der Waals surface area (Å²) >= 11 is 0. The molecule has 0 aliphatic carbocycles. The molecule has 0 N–H and O–H groups in total. The van der Waals surface area contributed by atoms with Gasteiger partial charge in [0.05, 0.1) is 13.2 Å². The Labute approximate surface area is 84.2 Å². The van der Waals surface area contributed by atoms with Crippen molar-refractivity contribution in [1.29, 1.82) is 0 Å². The van der Waals surface area contributed by atoms with Gasteiger partial charge in [-0.05, 0) is 24.1 Å². The van der Waals surface area contributed by atoms with E-state index in [0.29, 0.717) is 13.2 Å². The molecule has 0 aromatic heterocycles. The van der Waals surface area contributed by atoms with E-state index in [2.05, 4.69) is 6.92 Å². The molecular formula is C12H15FO. The SMILES string of the molecule is CC/C=C\COCc1cccc(F)c1. The average Bonchev–Trinajstić information content (AvgIpc) is 2.18. The van der Waals surface area contributed by atoms with Crippen molar-refractivity contribution >= 4 is 0 Å². The van der Waals surface area contributed by atoms with E-state index in [4.69, 9.17) is 4.74 Å². The fourth-order valence-electron chi connectivity index (χ4n) is 1.11. The summed E-state index contributed by atoms with van der Waals surface area (Å²) in [7, 11) is 0. The maximum atomic E-state index is 12.7. The molecule has 0 radical (unpaired) electrons. The zero-order valence-electron chi connectivity index (χ0n) is 8.37. The van der Waals surface area contributed by atoms with Gasteiger partial charge in [0.15, 0.2) is 0 Å². The van der Waals surface area contributed by atoms with Crippen LogP contribution in [0.15, 0.2) is 36.4 Å². The lowest BCUT2D eigenvalue weighted by Crippen LogP contribution is -1.93. The lowest BCUT2D eigenvalue weighted by molar-refractivity contribution is 0.148. The molecule has 0 fully saturated rings. The first-order valence-corrected chi connectivity index (χ1v) is 4.80. The lowest BCUT2D eigenvalue weighted by Gasteiger charge is -2.01. The highest BCUT2D eigenvalue weighted by molar-refractivity contribution is 5.15. The van der Waals surface area contributed by atoms with E-state index in [1.807, 2.05) is 18.2 Å². The first kappa shape index (κ1) is 10.9. The van der Waals surface area contributed by atoms with E-state index in [1.165, 1.54) is 12.1 Å². The molecule has 1 aromatic rings. The minimum absolute atomic E-state index is 0.213. The summed E-state index contributed by atoms with van der Waals surface area (Å²) in [5, 5.41) is 0. The lowest BCUT2D eigenvalue weighted by atomic mass is 10.2. The van der Waals surface area contributed by atoms with Crippen molar-refractivity contribution in [3.63, 3.8) is 0 Å². The minimum Gasteiger partial charge on any atom is -0.373 e. The molecule has 1 aromatic carbocycles. The standard InChI is InChI=1S/C12H15FO/c1-2-3-4-8-14-10-11-6-5-7-12(13)9-11/h3-7,9H,2,8,10H2,1H3/b4-3-. The number of hydrogen-bond acceptors (Lipinski definition) is 1. The van der Waals surface area contributed by atoms with Crippen LogP contribution >= 0.6 is 0 Å². The second-order valence-electron chi connectivity index (χ2n) is 3.02. The number of benzene rings is 1. The molecule has 1 nitrogen and oxygen atoms in total. The van der Waals surface area contributed by atoms with Crippen LogP contribution in [-0.2, 0) is 11.3 Å². The highest BCUT2D eigenvalue weighted by atomic mass is 19.1. The van der Waals surface area contributed by atoms with E-state index in [-0.39, 0.29) is 5.82 Å². The van der Waals surface area contributed by atoms with Gasteiger partial charge in [0.1, 0.15) is 5.82 Å². The first-order chi connectivity index (χ1) is 6.83. The summed E-state index contributed by atoms with van der Waals surface area (Å²) in [5.41, 5.74) is 0.870. The van der Waals surface area contributed by atoms with Crippen molar-refractivity contribution in [3.8, 4) is 0 Å². The van der Waals surface area contributed by atoms with Crippen LogP contribution in [0, 0.1) is 5.82 Å². The van der Waals surface area contributed by atoms with Gasteiger partial charge < -0.3 is 4.74 Å². The summed E-state index contributed by atoms with van der Waals surface area (Å²) in [6.45, 7) is 3.12. The Morgan fingerprint density at radius 3 is 2.93 bits per heavy atom. The van der Waals surface area contributed by atoms with Gasteiger partial charge in [-0.25, -0.2) is 4.39 Å². The van der Waals surface area contributed by atoms with Gasteiger partial charge in [0, 0.05) is 0 Å². The topological polar surface area (TPSA) is 9.23 Å². The van der Waals surface area contributed by atoms with E-state index < -0.39 is 0 Å². The van der Waals surface area contributed by atoms with Crippen molar-refractivity contribution in [2.75, 3.05) is 6.61 Å². The fourth-order valence-corrected chi connectivity index (χ4v) is 1.11. The quantitative estimate of drug-likeness (QED) is 0.516. The number of ether oxygens (including phenoxy) is 1. The Morgan fingerprint density at radius 1 is 1.36 bits per heavy atom. The molecule has 0 bridgehead atoms. The van der Waals surface area contributed by atoms with Crippen LogP contribution in [0.1, 0.15) is 18.9 Å². The predicted octanol–water partition coefficient (Wildman–Crippen LogP) is 3.31. The van der Waals surface area contributed by atoms with Gasteiger partial charge in [-0.3, -0.25) is 0 Å². The number of rotatable bonds is 5. The van der Waals surface area contributed by atoms with E-state index in [9.17, 15) is 4.39 Å². The molecule has 0 saturated heterocycles. The van der Waals surface area contributed by atoms with Crippen molar-refractivity contribution in [3.05, 3.63) is 47.8 Å². The Kier molecular flexibility index (Phi) is 4.94. The van der Waals surface area contributed by atoms with Gasteiger partial charge >= 0.3 is 0 Å². The molecule has 0 unspecified atom stereocenters. The predicted molar refractivity (Wildman–Crippen MR) is 55.5 cm³/mol. The summed E-state index contributed by atoms with van der Waals surface area (Å²) in [4.78, 5) is 0. The molecule has 2 heteroatoms. The molecule has 0 spiro atoms. The average molecular weight is 194 g/mol. The normalized spacial score (nSPS) is 11.0. The zero-order chi connectivity index (χ0) is 10.2. The van der Waals surface area contributed by atoms with E-state index in [1.54, 1.807) is 6.07 Å². The van der Waals surface area contributed by atoms with Crippen molar-refractivity contribution in [2.45, 2.75) is 20.0 Å². The fraction of sp³-hybridized carbons (Fsp3) is 0.333. The summed E-state index contributed by atoms with van der Waals surface area (Å²) in [6.07, 6.45) is 5.04. The Hall–Kier alpha value is -1.15. The third kappa shape index (κ3) is 4.19. The van der Waals surface area contributed by atoms with Crippen LogP contribution in [0.3, 0.4) is 0 Å². The second kappa shape index (κ2) is 6.33. The van der Waals surface area contributed by atoms with Crippen LogP contribution in [0.25, 0.3) is 0 Å². The second-order valence-corrected chi connectivity index (χ2v) is 3.02. The molecule has 0 aliphatic heterocycles. The van der Waals surface area contributed by atoms with Crippen LogP contribution in [0.2, 0.25) is 0 Å². The van der Waals surface area contributed by atoms with Crippen molar-refractivity contribution in [2.24, 2.45) is 0 Å². The molecule has 0 aliphatic rings. The molecule has 0 heterocycles. The number of hydrogen-bond donors (Lipinski definition) is 0. The number of allylic oxidation sites excluding steroid dienone is 1. The maximum Gasteiger partial charge on any atom is 0.123 e. The van der Waals surface area contributed by atoms with Gasteiger partial charge in [-0.15, -0.1) is 0 Å². The monoisotopic (exact) mass is 194 g/mol. The molecular weight excluding hydrogens is 179 g/mol. The van der Waals surface area contributed by atoms with Crippen LogP contribution in [-0.4, -0.2) is 6.61 Å². The number of halogens is 1. The molecule has 0 amide bonds. The first-order valence-electron chi connectivity index (χ1n) is 4.80. The molecule has 1 rings (SSSR count). The Balaban J connectivity index is 2.28.